The molecule has 1 fully saturated rings. The average molecular weight is 195 g/mol. The molecule has 1 aliphatic heterocycles. The maximum Gasteiger partial charge on any atom is 0.276 e. The molecule has 0 unspecified atom stereocenters. The molecular formula is C9H13N3O2. The summed E-state index contributed by atoms with van der Waals surface area (Å²) in [4.78, 5) is 13.5. The van der Waals surface area contributed by atoms with E-state index in [1.54, 1.807) is 17.9 Å². The SMILES string of the molecule is Cc1cc(C(=O)N2CC[C@@H](N)C2)no1. The Kier molecular flexibility index (Phi) is 2.25. The molecule has 0 radical (unpaired) electrons. The Morgan fingerprint density at radius 1 is 1.79 bits per heavy atom. The number of aromatic nitrogens is 1. The smallest absolute Gasteiger partial charge is 0.276 e. The fourth-order valence-corrected chi connectivity index (χ4v) is 1.60. The largest absolute Gasteiger partial charge is 0.361 e. The number of nitrogens with zero attached hydrogens (tertiary/aromatic N) is 2. The van der Waals surface area contributed by atoms with E-state index < -0.39 is 0 Å². The molecule has 1 saturated heterocycles. The molecule has 1 amide bonds. The van der Waals surface area contributed by atoms with E-state index in [0.717, 1.165) is 6.42 Å². The van der Waals surface area contributed by atoms with Crippen LogP contribution in [0.5, 0.6) is 0 Å². The lowest BCUT2D eigenvalue weighted by atomic mass is 10.3. The zero-order chi connectivity index (χ0) is 10.1. The monoisotopic (exact) mass is 195 g/mol. The Labute approximate surface area is 81.8 Å². The zero-order valence-corrected chi connectivity index (χ0v) is 8.06. The number of rotatable bonds is 1. The molecule has 0 aromatic carbocycles. The molecule has 0 spiro atoms. The van der Waals surface area contributed by atoms with E-state index in [4.69, 9.17) is 10.3 Å². The van der Waals surface area contributed by atoms with Crippen LogP contribution >= 0.6 is 0 Å². The van der Waals surface area contributed by atoms with Crippen molar-refractivity contribution in [3.05, 3.63) is 17.5 Å². The first kappa shape index (κ1) is 9.21. The molecule has 1 atom stereocenters. The summed E-state index contributed by atoms with van der Waals surface area (Å²) < 4.78 is 4.84. The van der Waals surface area contributed by atoms with E-state index in [1.807, 2.05) is 0 Å². The molecule has 2 N–H and O–H groups in total. The van der Waals surface area contributed by atoms with Crippen LogP contribution in [0.2, 0.25) is 0 Å². The quantitative estimate of drug-likeness (QED) is 0.692. The summed E-state index contributed by atoms with van der Waals surface area (Å²) in [5, 5.41) is 3.68. The van der Waals surface area contributed by atoms with Gasteiger partial charge in [-0.15, -0.1) is 0 Å². The second-order valence-corrected chi connectivity index (χ2v) is 3.62. The lowest BCUT2D eigenvalue weighted by Crippen LogP contribution is -2.32. The van der Waals surface area contributed by atoms with Gasteiger partial charge in [-0.2, -0.15) is 0 Å². The van der Waals surface area contributed by atoms with Gasteiger partial charge in [-0.1, -0.05) is 5.16 Å². The average Bonchev–Trinajstić information content (AvgIpc) is 2.73. The summed E-state index contributed by atoms with van der Waals surface area (Å²) in [5.41, 5.74) is 6.08. The maximum absolute atomic E-state index is 11.8. The summed E-state index contributed by atoms with van der Waals surface area (Å²) in [6.45, 7) is 3.09. The molecule has 2 heterocycles. The van der Waals surface area contributed by atoms with Crippen LogP contribution in [-0.4, -0.2) is 35.1 Å². The summed E-state index contributed by atoms with van der Waals surface area (Å²) in [6.07, 6.45) is 0.864. The molecular weight excluding hydrogens is 182 g/mol. The molecule has 76 valence electrons. The van der Waals surface area contributed by atoms with Crippen LogP contribution in [0.1, 0.15) is 22.7 Å². The van der Waals surface area contributed by atoms with Gasteiger partial charge in [0.1, 0.15) is 5.76 Å². The van der Waals surface area contributed by atoms with Crippen LogP contribution in [0, 0.1) is 6.92 Å². The van der Waals surface area contributed by atoms with Gasteiger partial charge >= 0.3 is 0 Å². The van der Waals surface area contributed by atoms with Gasteiger partial charge in [0.25, 0.3) is 5.91 Å². The molecule has 2 rings (SSSR count). The minimum atomic E-state index is -0.0881. The van der Waals surface area contributed by atoms with Crippen LogP contribution in [0.3, 0.4) is 0 Å². The lowest BCUT2D eigenvalue weighted by Gasteiger charge is -2.12. The number of hydrogen-bond acceptors (Lipinski definition) is 4. The fourth-order valence-electron chi connectivity index (χ4n) is 1.60. The summed E-state index contributed by atoms with van der Waals surface area (Å²) in [5.74, 6) is 0.562. The van der Waals surface area contributed by atoms with Gasteiger partial charge in [-0.05, 0) is 13.3 Å². The molecule has 0 saturated carbocycles. The predicted molar refractivity (Wildman–Crippen MR) is 49.7 cm³/mol. The Morgan fingerprint density at radius 3 is 3.07 bits per heavy atom. The first-order chi connectivity index (χ1) is 6.66. The first-order valence-corrected chi connectivity index (χ1v) is 4.65. The molecule has 5 nitrogen and oxygen atoms in total. The van der Waals surface area contributed by atoms with Crippen LogP contribution in [0.25, 0.3) is 0 Å². The highest BCUT2D eigenvalue weighted by atomic mass is 16.5. The van der Waals surface area contributed by atoms with Gasteiger partial charge in [0, 0.05) is 25.2 Å². The molecule has 1 aliphatic rings. The van der Waals surface area contributed by atoms with Crippen LogP contribution in [0.15, 0.2) is 10.6 Å². The van der Waals surface area contributed by atoms with E-state index in [-0.39, 0.29) is 11.9 Å². The van der Waals surface area contributed by atoms with Crippen molar-refractivity contribution >= 4 is 5.91 Å². The van der Waals surface area contributed by atoms with Crippen LogP contribution in [-0.2, 0) is 0 Å². The van der Waals surface area contributed by atoms with Gasteiger partial charge < -0.3 is 15.2 Å². The second-order valence-electron chi connectivity index (χ2n) is 3.62. The summed E-state index contributed by atoms with van der Waals surface area (Å²) in [6, 6.07) is 1.75. The van der Waals surface area contributed by atoms with E-state index in [2.05, 4.69) is 5.16 Å². The number of amides is 1. The van der Waals surface area contributed by atoms with Crippen LogP contribution < -0.4 is 5.73 Å². The molecule has 14 heavy (non-hydrogen) atoms. The highest BCUT2D eigenvalue weighted by molar-refractivity contribution is 5.92. The van der Waals surface area contributed by atoms with Crippen molar-refractivity contribution in [2.45, 2.75) is 19.4 Å². The highest BCUT2D eigenvalue weighted by Gasteiger charge is 2.26. The minimum absolute atomic E-state index is 0.0881. The third kappa shape index (κ3) is 1.63. The number of carbonyl (C=O) groups is 1. The number of aryl methyl sites for hydroxylation is 1. The second kappa shape index (κ2) is 3.42. The highest BCUT2D eigenvalue weighted by Crippen LogP contribution is 2.12. The van der Waals surface area contributed by atoms with Crippen molar-refractivity contribution in [1.82, 2.24) is 10.1 Å². The number of likely N-dealkylation sites (tertiary alicyclic amines) is 1. The Morgan fingerprint density at radius 2 is 2.57 bits per heavy atom. The molecule has 0 aliphatic carbocycles. The number of carbonyl (C=O) groups excluding carboxylic acids is 1. The van der Waals surface area contributed by atoms with Crippen molar-refractivity contribution < 1.29 is 9.32 Å². The van der Waals surface area contributed by atoms with Crippen molar-refractivity contribution in [3.8, 4) is 0 Å². The Bertz CT molecular complexity index is 348. The van der Waals surface area contributed by atoms with Gasteiger partial charge in [-0.3, -0.25) is 4.79 Å². The van der Waals surface area contributed by atoms with Crippen molar-refractivity contribution in [2.24, 2.45) is 5.73 Å². The topological polar surface area (TPSA) is 72.4 Å². The van der Waals surface area contributed by atoms with E-state index in [9.17, 15) is 4.79 Å². The van der Waals surface area contributed by atoms with Crippen LogP contribution in [0.4, 0.5) is 0 Å². The van der Waals surface area contributed by atoms with E-state index >= 15 is 0 Å². The third-order valence-electron chi connectivity index (χ3n) is 2.36. The Balaban J connectivity index is 2.09. The van der Waals surface area contributed by atoms with Crippen molar-refractivity contribution in [2.75, 3.05) is 13.1 Å². The van der Waals surface area contributed by atoms with Crippen molar-refractivity contribution in [3.63, 3.8) is 0 Å². The van der Waals surface area contributed by atoms with Crippen molar-refractivity contribution in [1.29, 1.82) is 0 Å². The van der Waals surface area contributed by atoms with Gasteiger partial charge in [0.05, 0.1) is 0 Å². The van der Waals surface area contributed by atoms with Gasteiger partial charge in [-0.25, -0.2) is 0 Å². The molecule has 0 bridgehead atoms. The molecule has 1 aromatic heterocycles. The maximum atomic E-state index is 11.8. The minimum Gasteiger partial charge on any atom is -0.361 e. The van der Waals surface area contributed by atoms with E-state index in [0.29, 0.717) is 24.5 Å². The lowest BCUT2D eigenvalue weighted by molar-refractivity contribution is 0.0780. The third-order valence-corrected chi connectivity index (χ3v) is 2.36. The van der Waals surface area contributed by atoms with Gasteiger partial charge in [0.2, 0.25) is 0 Å². The number of nitrogens with two attached hydrogens (primary N) is 1. The van der Waals surface area contributed by atoms with Gasteiger partial charge in [0.15, 0.2) is 5.69 Å². The first-order valence-electron chi connectivity index (χ1n) is 4.65. The molecule has 1 aromatic rings. The normalized spacial score (nSPS) is 21.6. The Hall–Kier alpha value is -1.36. The number of hydrogen-bond donors (Lipinski definition) is 1. The van der Waals surface area contributed by atoms with E-state index in [1.165, 1.54) is 0 Å². The standard InChI is InChI=1S/C9H13N3O2/c1-6-4-8(11-14-6)9(13)12-3-2-7(10)5-12/h4,7H,2-3,5,10H2,1H3/t7-/m1/s1. The summed E-state index contributed by atoms with van der Waals surface area (Å²) in [7, 11) is 0. The summed E-state index contributed by atoms with van der Waals surface area (Å²) >= 11 is 0. The zero-order valence-electron chi connectivity index (χ0n) is 8.06. The fraction of sp³-hybridized carbons (Fsp3) is 0.556. The predicted octanol–water partition coefficient (Wildman–Crippen LogP) is 0.156. The molecule has 5 heteroatoms.